The quantitative estimate of drug-likeness (QED) is 0.485. The Kier molecular flexibility index (Phi) is 5.28. The van der Waals surface area contributed by atoms with E-state index in [2.05, 4.69) is 30.4 Å². The second-order valence-corrected chi connectivity index (χ2v) is 7.12. The van der Waals surface area contributed by atoms with Gasteiger partial charge in [0, 0.05) is 37.1 Å². The summed E-state index contributed by atoms with van der Waals surface area (Å²) in [6.07, 6.45) is -2.08. The van der Waals surface area contributed by atoms with Crippen molar-refractivity contribution in [3.05, 3.63) is 48.0 Å². The highest BCUT2D eigenvalue weighted by Crippen LogP contribution is 2.27. The van der Waals surface area contributed by atoms with E-state index in [4.69, 9.17) is 4.74 Å². The van der Waals surface area contributed by atoms with Crippen LogP contribution in [0.4, 0.5) is 19.0 Å². The molecule has 1 amide bonds. The number of hydrogen-bond donors (Lipinski definition) is 2. The third-order valence-electron chi connectivity index (χ3n) is 4.66. The molecule has 12 heteroatoms. The number of rotatable bonds is 5. The molecule has 4 heterocycles. The number of anilines is 1. The molecule has 0 unspecified atom stereocenters. The lowest BCUT2D eigenvalue weighted by Crippen LogP contribution is -2.31. The van der Waals surface area contributed by atoms with Crippen molar-refractivity contribution in [3.8, 4) is 17.4 Å². The van der Waals surface area contributed by atoms with Crippen molar-refractivity contribution < 1.29 is 22.7 Å². The van der Waals surface area contributed by atoms with Crippen molar-refractivity contribution in [2.24, 2.45) is 7.05 Å². The number of ether oxygens (including phenoxy) is 1. The summed E-state index contributed by atoms with van der Waals surface area (Å²) in [5.74, 6) is -0.0181. The first-order valence-corrected chi connectivity index (χ1v) is 9.47. The van der Waals surface area contributed by atoms with Crippen LogP contribution in [-0.2, 0) is 7.05 Å². The maximum absolute atomic E-state index is 12.7. The Morgan fingerprint density at radius 2 is 2.06 bits per heavy atom. The van der Waals surface area contributed by atoms with E-state index < -0.39 is 12.3 Å². The van der Waals surface area contributed by atoms with E-state index in [1.54, 1.807) is 43.2 Å². The molecule has 0 radical (unpaired) electrons. The Labute approximate surface area is 179 Å². The average Bonchev–Trinajstić information content (AvgIpc) is 3.29. The number of carbonyl (C=O) groups is 1. The maximum atomic E-state index is 12.7. The lowest BCUT2D eigenvalue weighted by Gasteiger charge is -2.16. The molecule has 32 heavy (non-hydrogen) atoms. The van der Waals surface area contributed by atoms with E-state index in [1.165, 1.54) is 12.3 Å². The van der Waals surface area contributed by atoms with Gasteiger partial charge in [-0.1, -0.05) is 0 Å². The van der Waals surface area contributed by atoms with Crippen LogP contribution in [0.25, 0.3) is 22.3 Å². The minimum Gasteiger partial charge on any atom is -0.451 e. The van der Waals surface area contributed by atoms with Gasteiger partial charge in [0.15, 0.2) is 6.10 Å². The van der Waals surface area contributed by atoms with Crippen LogP contribution >= 0.6 is 0 Å². The summed E-state index contributed by atoms with van der Waals surface area (Å²) in [6.45, 7) is 2.62. The fraction of sp³-hybridized carbons (Fsp3) is 0.250. The number of aromatic amines is 1. The second-order valence-electron chi connectivity index (χ2n) is 7.12. The number of fused-ring (bicyclic) bond motifs is 1. The van der Waals surface area contributed by atoms with Crippen LogP contribution in [0.5, 0.6) is 6.01 Å². The number of alkyl halides is 3. The molecule has 4 rings (SSSR count). The molecular formula is C20H18F3N7O2. The van der Waals surface area contributed by atoms with Gasteiger partial charge in [-0.2, -0.15) is 23.3 Å². The molecule has 0 bridgehead atoms. The van der Waals surface area contributed by atoms with E-state index in [1.807, 2.05) is 0 Å². The molecule has 4 aromatic heterocycles. The Morgan fingerprint density at radius 3 is 2.75 bits per heavy atom. The molecule has 9 nitrogen and oxygen atoms in total. The van der Waals surface area contributed by atoms with Crippen LogP contribution in [0.3, 0.4) is 0 Å². The molecule has 0 aliphatic carbocycles. The first-order chi connectivity index (χ1) is 15.1. The van der Waals surface area contributed by atoms with E-state index in [0.717, 1.165) is 12.3 Å². The zero-order valence-corrected chi connectivity index (χ0v) is 17.2. The van der Waals surface area contributed by atoms with Crippen molar-refractivity contribution >= 4 is 22.6 Å². The molecule has 0 spiro atoms. The maximum Gasteiger partial charge on any atom is 0.425 e. The average molecular weight is 445 g/mol. The number of hydrogen-bond acceptors (Lipinski definition) is 6. The summed E-state index contributed by atoms with van der Waals surface area (Å²) in [5.41, 5.74) is 2.55. The standard InChI is InChI=1S/C20H18F3N7O2/c1-10-13(9-30(3)29-10)18(31)28-17-7-15-12(8-25-17)6-16(26-15)14-4-5-24-19(27-14)32-11(2)20(21,22)23/h4-9,11,26H,1-3H3,(H,25,28,31)/t11-/m0/s1. The normalized spacial score (nSPS) is 12.7. The number of aromatic nitrogens is 6. The van der Waals surface area contributed by atoms with Gasteiger partial charge < -0.3 is 15.0 Å². The molecule has 0 saturated heterocycles. The van der Waals surface area contributed by atoms with Gasteiger partial charge in [-0.15, -0.1) is 0 Å². The molecule has 0 aromatic carbocycles. The summed E-state index contributed by atoms with van der Waals surface area (Å²) < 4.78 is 44.5. The molecule has 166 valence electrons. The van der Waals surface area contributed by atoms with Gasteiger partial charge in [0.05, 0.1) is 28.2 Å². The van der Waals surface area contributed by atoms with Crippen molar-refractivity contribution in [1.82, 2.24) is 29.7 Å². The van der Waals surface area contributed by atoms with Gasteiger partial charge in [-0.05, 0) is 26.0 Å². The summed E-state index contributed by atoms with van der Waals surface area (Å²) in [4.78, 5) is 27.6. The van der Waals surface area contributed by atoms with Crippen LogP contribution in [0.15, 0.2) is 36.8 Å². The fourth-order valence-electron chi connectivity index (χ4n) is 3.01. The number of halogens is 3. The number of aryl methyl sites for hydroxylation is 2. The summed E-state index contributed by atoms with van der Waals surface area (Å²) in [6, 6.07) is 4.53. The molecule has 0 fully saturated rings. The monoisotopic (exact) mass is 445 g/mol. The molecule has 4 aromatic rings. The van der Waals surface area contributed by atoms with Crippen molar-refractivity contribution in [1.29, 1.82) is 0 Å². The number of carbonyl (C=O) groups excluding carboxylic acids is 1. The molecule has 1 atom stereocenters. The van der Waals surface area contributed by atoms with Gasteiger partial charge in [-0.3, -0.25) is 9.48 Å². The largest absolute Gasteiger partial charge is 0.451 e. The van der Waals surface area contributed by atoms with Gasteiger partial charge in [0.1, 0.15) is 5.82 Å². The number of pyridine rings is 1. The molecule has 0 saturated carbocycles. The SMILES string of the molecule is Cc1nn(C)cc1C(=O)Nc1cc2[nH]c(-c3ccnc(O[C@@H](C)C(F)(F)F)n3)cc2cn1. The predicted molar refractivity (Wildman–Crippen MR) is 109 cm³/mol. The van der Waals surface area contributed by atoms with Crippen LogP contribution in [0, 0.1) is 6.92 Å². The molecule has 0 aliphatic rings. The van der Waals surface area contributed by atoms with Gasteiger partial charge in [0.25, 0.3) is 5.91 Å². The van der Waals surface area contributed by atoms with E-state index in [-0.39, 0.29) is 11.9 Å². The molecule has 0 aliphatic heterocycles. The number of H-pyrrole nitrogens is 1. The van der Waals surface area contributed by atoms with Crippen molar-refractivity contribution in [2.45, 2.75) is 26.1 Å². The summed E-state index contributed by atoms with van der Waals surface area (Å²) in [5, 5.41) is 7.59. The highest BCUT2D eigenvalue weighted by molar-refractivity contribution is 6.05. The third-order valence-corrected chi connectivity index (χ3v) is 4.66. The van der Waals surface area contributed by atoms with E-state index in [0.29, 0.717) is 34.0 Å². The van der Waals surface area contributed by atoms with Crippen molar-refractivity contribution in [2.75, 3.05) is 5.32 Å². The van der Waals surface area contributed by atoms with Crippen LogP contribution in [-0.4, -0.2) is 47.9 Å². The summed E-state index contributed by atoms with van der Waals surface area (Å²) >= 11 is 0. The highest BCUT2D eigenvalue weighted by atomic mass is 19.4. The second kappa shape index (κ2) is 7.94. The molecular weight excluding hydrogens is 427 g/mol. The smallest absolute Gasteiger partial charge is 0.425 e. The van der Waals surface area contributed by atoms with E-state index in [9.17, 15) is 18.0 Å². The van der Waals surface area contributed by atoms with E-state index >= 15 is 0 Å². The summed E-state index contributed by atoms with van der Waals surface area (Å²) in [7, 11) is 1.72. The van der Waals surface area contributed by atoms with Crippen molar-refractivity contribution in [3.63, 3.8) is 0 Å². The van der Waals surface area contributed by atoms with Crippen LogP contribution < -0.4 is 10.1 Å². The van der Waals surface area contributed by atoms with Crippen LogP contribution in [0.1, 0.15) is 23.0 Å². The van der Waals surface area contributed by atoms with Gasteiger partial charge in [0.2, 0.25) is 0 Å². The minimum atomic E-state index is -4.53. The third kappa shape index (κ3) is 4.38. The number of nitrogens with one attached hydrogen (secondary N) is 2. The Bertz CT molecular complexity index is 1300. The zero-order valence-electron chi connectivity index (χ0n) is 17.2. The predicted octanol–water partition coefficient (Wildman–Crippen LogP) is 3.64. The molecule has 2 N–H and O–H groups in total. The highest BCUT2D eigenvalue weighted by Gasteiger charge is 2.38. The van der Waals surface area contributed by atoms with Gasteiger partial charge in [-0.25, -0.2) is 9.97 Å². The number of nitrogens with zero attached hydrogens (tertiary/aromatic N) is 5. The Hall–Kier alpha value is -3.96. The first kappa shape index (κ1) is 21.3. The topological polar surface area (TPSA) is 111 Å². The van der Waals surface area contributed by atoms with Gasteiger partial charge >= 0.3 is 12.2 Å². The Morgan fingerprint density at radius 1 is 1.28 bits per heavy atom. The number of amides is 1. The lowest BCUT2D eigenvalue weighted by molar-refractivity contribution is -0.190. The van der Waals surface area contributed by atoms with Crippen LogP contribution in [0.2, 0.25) is 0 Å². The fourth-order valence-corrected chi connectivity index (χ4v) is 3.01. The lowest BCUT2D eigenvalue weighted by atomic mass is 10.2. The Balaban J connectivity index is 1.56. The minimum absolute atomic E-state index is 0.324. The first-order valence-electron chi connectivity index (χ1n) is 9.47. The zero-order chi connectivity index (χ0) is 23.0.